The molecule has 0 aliphatic heterocycles. The average molecular weight is 245 g/mol. The number of hydrogen-bond donors (Lipinski definition) is 1. The second kappa shape index (κ2) is 7.05. The molecule has 1 fully saturated rings. The minimum Gasteiger partial charge on any atom is -0.352 e. The molecule has 0 aromatic rings. The topological polar surface area (TPSA) is 46.2 Å². The fraction of sp³-hybridized carbons (Fsp3) is 0.917. The van der Waals surface area contributed by atoms with Crippen LogP contribution in [-0.4, -0.2) is 28.2 Å². The molecule has 16 heavy (non-hydrogen) atoms. The Balaban J connectivity index is 2.34. The quantitative estimate of drug-likeness (QED) is 0.768. The average Bonchev–Trinajstić information content (AvgIpc) is 2.43. The third kappa shape index (κ3) is 5.10. The van der Waals surface area contributed by atoms with E-state index in [1.165, 1.54) is 25.7 Å². The zero-order valence-corrected chi connectivity index (χ0v) is 11.1. The summed E-state index contributed by atoms with van der Waals surface area (Å²) in [5, 5.41) is 2.98. The van der Waals surface area contributed by atoms with Gasteiger partial charge in [0, 0.05) is 34.8 Å². The molecule has 1 amide bonds. The fourth-order valence-corrected chi connectivity index (χ4v) is 3.08. The monoisotopic (exact) mass is 245 g/mol. The lowest BCUT2D eigenvalue weighted by Gasteiger charge is -2.18. The molecule has 1 N–H and O–H groups in total. The Labute approximate surface area is 101 Å². The van der Waals surface area contributed by atoms with E-state index in [1.807, 2.05) is 6.92 Å². The lowest BCUT2D eigenvalue weighted by molar-refractivity contribution is -0.125. The first kappa shape index (κ1) is 13.7. The summed E-state index contributed by atoms with van der Waals surface area (Å²) in [7, 11) is -0.835. The van der Waals surface area contributed by atoms with Crippen LogP contribution in [0.5, 0.6) is 0 Å². The third-order valence-electron chi connectivity index (χ3n) is 3.10. The molecular formula is C12H23NO2S. The minimum atomic E-state index is -0.835. The molecule has 1 aliphatic carbocycles. The smallest absolute Gasteiger partial charge is 0.223 e. The maximum Gasteiger partial charge on any atom is 0.223 e. The molecule has 1 saturated carbocycles. The van der Waals surface area contributed by atoms with Gasteiger partial charge in [-0.25, -0.2) is 0 Å². The lowest BCUT2D eigenvalue weighted by atomic mass is 9.99. The van der Waals surface area contributed by atoms with Gasteiger partial charge < -0.3 is 5.32 Å². The van der Waals surface area contributed by atoms with E-state index in [-0.39, 0.29) is 17.9 Å². The number of rotatable bonds is 4. The summed E-state index contributed by atoms with van der Waals surface area (Å²) in [6, 6.07) is 0.0292. The van der Waals surface area contributed by atoms with Crippen LogP contribution in [0.4, 0.5) is 0 Å². The molecule has 94 valence electrons. The first-order valence-electron chi connectivity index (χ1n) is 6.20. The minimum absolute atomic E-state index is 0.0292. The Bertz CT molecular complexity index is 247. The highest BCUT2D eigenvalue weighted by Gasteiger charge is 2.21. The Hall–Kier alpha value is -0.380. The number of carbonyl (C=O) groups is 1. The van der Waals surface area contributed by atoms with Crippen LogP contribution in [-0.2, 0) is 15.6 Å². The van der Waals surface area contributed by atoms with Crippen LogP contribution in [0.1, 0.15) is 45.4 Å². The van der Waals surface area contributed by atoms with Crippen molar-refractivity contribution in [2.24, 2.45) is 5.92 Å². The van der Waals surface area contributed by atoms with Crippen LogP contribution < -0.4 is 5.32 Å². The predicted octanol–water partition coefficient (Wildman–Crippen LogP) is 1.84. The second-order valence-corrected chi connectivity index (χ2v) is 6.32. The lowest BCUT2D eigenvalue weighted by Crippen LogP contribution is -2.39. The standard InChI is InChI=1S/C12H23NO2S/c1-10(9-16(2)15)13-12(14)11-7-5-3-4-6-8-11/h10-11H,3-9H2,1-2H3,(H,13,14)/t10-,16-/m1/s1. The molecule has 0 aromatic heterocycles. The molecule has 1 rings (SSSR count). The summed E-state index contributed by atoms with van der Waals surface area (Å²) in [6.07, 6.45) is 8.59. The zero-order chi connectivity index (χ0) is 12.0. The first-order chi connectivity index (χ1) is 7.59. The molecular weight excluding hydrogens is 222 g/mol. The van der Waals surface area contributed by atoms with Gasteiger partial charge in [-0.1, -0.05) is 25.7 Å². The van der Waals surface area contributed by atoms with Crippen molar-refractivity contribution in [1.82, 2.24) is 5.32 Å². The highest BCUT2D eigenvalue weighted by Crippen LogP contribution is 2.22. The van der Waals surface area contributed by atoms with E-state index in [0.29, 0.717) is 5.75 Å². The summed E-state index contributed by atoms with van der Waals surface area (Å²) < 4.78 is 11.0. The third-order valence-corrected chi connectivity index (χ3v) is 4.07. The SMILES string of the molecule is C[C@H](C[S@@](C)=O)NC(=O)C1CCCCCC1. The van der Waals surface area contributed by atoms with E-state index in [4.69, 9.17) is 0 Å². The Morgan fingerprint density at radius 3 is 2.38 bits per heavy atom. The fourth-order valence-electron chi connectivity index (χ4n) is 2.30. The van der Waals surface area contributed by atoms with Crippen LogP contribution in [0.15, 0.2) is 0 Å². The van der Waals surface area contributed by atoms with E-state index in [0.717, 1.165) is 12.8 Å². The van der Waals surface area contributed by atoms with Gasteiger partial charge in [-0.2, -0.15) is 0 Å². The predicted molar refractivity (Wildman–Crippen MR) is 67.7 cm³/mol. The zero-order valence-electron chi connectivity index (χ0n) is 10.3. The van der Waals surface area contributed by atoms with E-state index in [1.54, 1.807) is 6.26 Å². The Kier molecular flexibility index (Phi) is 6.03. The molecule has 0 heterocycles. The molecule has 0 aromatic carbocycles. The van der Waals surface area contributed by atoms with Gasteiger partial charge in [0.25, 0.3) is 0 Å². The molecule has 0 saturated heterocycles. The van der Waals surface area contributed by atoms with Crippen molar-refractivity contribution in [3.63, 3.8) is 0 Å². The number of nitrogens with one attached hydrogen (secondary N) is 1. The van der Waals surface area contributed by atoms with E-state index in [9.17, 15) is 9.00 Å². The van der Waals surface area contributed by atoms with E-state index in [2.05, 4.69) is 5.32 Å². The van der Waals surface area contributed by atoms with E-state index < -0.39 is 10.8 Å². The van der Waals surface area contributed by atoms with E-state index >= 15 is 0 Å². The van der Waals surface area contributed by atoms with Crippen molar-refractivity contribution < 1.29 is 9.00 Å². The number of hydrogen-bond acceptors (Lipinski definition) is 2. The van der Waals surface area contributed by atoms with Gasteiger partial charge in [0.2, 0.25) is 5.91 Å². The van der Waals surface area contributed by atoms with Crippen LogP contribution in [0.3, 0.4) is 0 Å². The van der Waals surface area contributed by atoms with Gasteiger partial charge in [0.05, 0.1) is 0 Å². The maximum absolute atomic E-state index is 11.9. The molecule has 1 aliphatic rings. The number of carbonyl (C=O) groups excluding carboxylic acids is 1. The highest BCUT2D eigenvalue weighted by atomic mass is 32.2. The van der Waals surface area contributed by atoms with Crippen LogP contribution in [0, 0.1) is 5.92 Å². The van der Waals surface area contributed by atoms with Crippen molar-refractivity contribution in [2.75, 3.05) is 12.0 Å². The highest BCUT2D eigenvalue weighted by molar-refractivity contribution is 7.84. The number of amides is 1. The molecule has 0 unspecified atom stereocenters. The van der Waals surface area contributed by atoms with Gasteiger partial charge in [0.15, 0.2) is 0 Å². The maximum atomic E-state index is 11.9. The summed E-state index contributed by atoms with van der Waals surface area (Å²) in [5.74, 6) is 0.911. The Morgan fingerprint density at radius 2 is 1.88 bits per heavy atom. The van der Waals surface area contributed by atoms with Crippen LogP contribution in [0.2, 0.25) is 0 Å². The van der Waals surface area contributed by atoms with Crippen molar-refractivity contribution in [2.45, 2.75) is 51.5 Å². The normalized spacial score (nSPS) is 22.1. The Morgan fingerprint density at radius 1 is 1.31 bits per heavy atom. The molecule has 2 atom stereocenters. The molecule has 0 radical (unpaired) electrons. The van der Waals surface area contributed by atoms with Crippen molar-refractivity contribution in [3.8, 4) is 0 Å². The van der Waals surface area contributed by atoms with Crippen molar-refractivity contribution in [3.05, 3.63) is 0 Å². The summed E-state index contributed by atoms with van der Waals surface area (Å²) in [4.78, 5) is 11.9. The van der Waals surface area contributed by atoms with Gasteiger partial charge >= 0.3 is 0 Å². The molecule has 4 heteroatoms. The van der Waals surface area contributed by atoms with Gasteiger partial charge in [-0.05, 0) is 19.8 Å². The van der Waals surface area contributed by atoms with Crippen molar-refractivity contribution >= 4 is 16.7 Å². The van der Waals surface area contributed by atoms with Gasteiger partial charge in [0.1, 0.15) is 0 Å². The summed E-state index contributed by atoms with van der Waals surface area (Å²) >= 11 is 0. The molecule has 0 spiro atoms. The largest absolute Gasteiger partial charge is 0.352 e. The van der Waals surface area contributed by atoms with Crippen LogP contribution >= 0.6 is 0 Å². The van der Waals surface area contributed by atoms with Crippen LogP contribution in [0.25, 0.3) is 0 Å². The van der Waals surface area contributed by atoms with Gasteiger partial charge in [-0.3, -0.25) is 9.00 Å². The molecule has 3 nitrogen and oxygen atoms in total. The van der Waals surface area contributed by atoms with Crippen molar-refractivity contribution in [1.29, 1.82) is 0 Å². The molecule has 0 bridgehead atoms. The summed E-state index contributed by atoms with van der Waals surface area (Å²) in [5.41, 5.74) is 0. The van der Waals surface area contributed by atoms with Gasteiger partial charge in [-0.15, -0.1) is 0 Å². The first-order valence-corrected chi connectivity index (χ1v) is 7.92. The summed E-state index contributed by atoms with van der Waals surface area (Å²) in [6.45, 7) is 1.93. The second-order valence-electron chi connectivity index (χ2n) is 4.84.